The summed E-state index contributed by atoms with van der Waals surface area (Å²) in [4.78, 5) is 25.8. The predicted molar refractivity (Wildman–Crippen MR) is 91.1 cm³/mol. The Morgan fingerprint density at radius 3 is 2.35 bits per heavy atom. The Kier molecular flexibility index (Phi) is 4.62. The molecule has 3 rings (SSSR count). The van der Waals surface area contributed by atoms with E-state index in [2.05, 4.69) is 0 Å². The Labute approximate surface area is 149 Å². The molecule has 0 bridgehead atoms. The molecule has 2 amide bonds. The third-order valence-corrected chi connectivity index (χ3v) is 4.10. The molecule has 0 aliphatic carbocycles. The zero-order chi connectivity index (χ0) is 18.8. The van der Waals surface area contributed by atoms with E-state index in [1.807, 2.05) is 0 Å². The van der Waals surface area contributed by atoms with Crippen molar-refractivity contribution in [3.63, 3.8) is 0 Å². The highest BCUT2D eigenvalue weighted by Gasteiger charge is 2.39. The van der Waals surface area contributed by atoms with Crippen molar-refractivity contribution in [1.82, 2.24) is 4.90 Å². The van der Waals surface area contributed by atoms with Crippen LogP contribution in [-0.2, 0) is 16.1 Å². The van der Waals surface area contributed by atoms with E-state index in [0.717, 1.165) is 4.90 Å². The average Bonchev–Trinajstić information content (AvgIpc) is 2.86. The summed E-state index contributed by atoms with van der Waals surface area (Å²) in [6.45, 7) is -0.273. The molecule has 1 aliphatic rings. The van der Waals surface area contributed by atoms with Gasteiger partial charge in [0.2, 0.25) is 0 Å². The first-order valence-electron chi connectivity index (χ1n) is 7.73. The summed E-state index contributed by atoms with van der Waals surface area (Å²) in [5.41, 5.74) is 0.317. The van der Waals surface area contributed by atoms with Gasteiger partial charge in [-0.1, -0.05) is 24.3 Å². The van der Waals surface area contributed by atoms with Gasteiger partial charge in [-0.3, -0.25) is 14.5 Å². The molecule has 0 unspecified atom stereocenters. The summed E-state index contributed by atoms with van der Waals surface area (Å²) in [5, 5.41) is 10.2. The normalized spacial score (nSPS) is 14.2. The molecule has 1 aliphatic heterocycles. The Morgan fingerprint density at radius 1 is 1.00 bits per heavy atom. The first-order valence-corrected chi connectivity index (χ1v) is 7.73. The van der Waals surface area contributed by atoms with Crippen LogP contribution in [0.4, 0.5) is 4.39 Å². The maximum absolute atomic E-state index is 13.8. The molecule has 0 radical (unpaired) electrons. The van der Waals surface area contributed by atoms with Gasteiger partial charge in [0.1, 0.15) is 5.82 Å². The zero-order valence-electron chi connectivity index (χ0n) is 14.2. The Hall–Kier alpha value is -3.35. The number of carbonyl (C=O) groups is 2. The van der Waals surface area contributed by atoms with Crippen molar-refractivity contribution < 1.29 is 28.6 Å². The lowest BCUT2D eigenvalue weighted by Crippen LogP contribution is -2.31. The van der Waals surface area contributed by atoms with Crippen LogP contribution < -0.4 is 9.47 Å². The summed E-state index contributed by atoms with van der Waals surface area (Å²) < 4.78 is 24.2. The number of nitrogens with zero attached hydrogens (tertiary/aromatic N) is 1. The van der Waals surface area contributed by atoms with Crippen molar-refractivity contribution in [2.24, 2.45) is 0 Å². The van der Waals surface area contributed by atoms with E-state index in [9.17, 15) is 19.1 Å². The smallest absolute Gasteiger partial charge is 0.296 e. The fraction of sp³-hybridized carbons (Fsp3) is 0.158. The van der Waals surface area contributed by atoms with Crippen LogP contribution in [0.5, 0.6) is 11.5 Å². The van der Waals surface area contributed by atoms with Gasteiger partial charge in [-0.2, -0.15) is 0 Å². The van der Waals surface area contributed by atoms with E-state index in [4.69, 9.17) is 9.47 Å². The highest BCUT2D eigenvalue weighted by molar-refractivity contribution is 6.34. The molecule has 2 aromatic rings. The molecule has 1 heterocycles. The second-order valence-electron chi connectivity index (χ2n) is 5.58. The van der Waals surface area contributed by atoms with Crippen LogP contribution in [-0.4, -0.2) is 36.0 Å². The number of hydrogen-bond donors (Lipinski definition) is 1. The summed E-state index contributed by atoms with van der Waals surface area (Å²) in [7, 11) is 2.90. The fourth-order valence-electron chi connectivity index (χ4n) is 2.76. The molecule has 2 aromatic carbocycles. The van der Waals surface area contributed by atoms with Gasteiger partial charge in [0.25, 0.3) is 11.8 Å². The van der Waals surface area contributed by atoms with Crippen LogP contribution in [0.25, 0.3) is 5.57 Å². The van der Waals surface area contributed by atoms with E-state index in [-0.39, 0.29) is 17.7 Å². The van der Waals surface area contributed by atoms with E-state index in [1.54, 1.807) is 12.1 Å². The van der Waals surface area contributed by atoms with Gasteiger partial charge >= 0.3 is 0 Å². The maximum atomic E-state index is 13.8. The van der Waals surface area contributed by atoms with Crippen molar-refractivity contribution in [3.05, 3.63) is 65.2 Å². The molecule has 0 spiro atoms. The van der Waals surface area contributed by atoms with Crippen LogP contribution in [0.3, 0.4) is 0 Å². The number of ether oxygens (including phenoxy) is 2. The molecule has 7 heteroatoms. The lowest BCUT2D eigenvalue weighted by Gasteiger charge is -2.15. The molecule has 6 nitrogen and oxygen atoms in total. The Morgan fingerprint density at radius 2 is 1.69 bits per heavy atom. The number of benzene rings is 2. The molecule has 26 heavy (non-hydrogen) atoms. The van der Waals surface area contributed by atoms with E-state index in [1.165, 1.54) is 44.6 Å². The van der Waals surface area contributed by atoms with E-state index < -0.39 is 23.4 Å². The maximum Gasteiger partial charge on any atom is 0.296 e. The minimum atomic E-state index is -0.872. The number of hydrogen-bond acceptors (Lipinski definition) is 5. The van der Waals surface area contributed by atoms with Crippen molar-refractivity contribution >= 4 is 17.4 Å². The second kappa shape index (κ2) is 6.87. The number of amides is 2. The molecule has 134 valence electrons. The molecule has 0 saturated carbocycles. The topological polar surface area (TPSA) is 76.1 Å². The second-order valence-corrected chi connectivity index (χ2v) is 5.58. The van der Waals surface area contributed by atoms with Gasteiger partial charge in [0.05, 0.1) is 26.3 Å². The van der Waals surface area contributed by atoms with Crippen LogP contribution >= 0.6 is 0 Å². The van der Waals surface area contributed by atoms with E-state index in [0.29, 0.717) is 17.1 Å². The quantitative estimate of drug-likeness (QED) is 0.833. The first-order chi connectivity index (χ1) is 12.5. The van der Waals surface area contributed by atoms with Gasteiger partial charge in [0, 0.05) is 5.56 Å². The minimum absolute atomic E-state index is 0.160. The Balaban J connectivity index is 1.96. The molecular formula is C19H16FNO5. The van der Waals surface area contributed by atoms with Crippen LogP contribution in [0.2, 0.25) is 0 Å². The van der Waals surface area contributed by atoms with Gasteiger partial charge in [-0.25, -0.2) is 4.39 Å². The number of rotatable bonds is 5. The minimum Gasteiger partial charge on any atom is -0.502 e. The van der Waals surface area contributed by atoms with Crippen LogP contribution in [0, 0.1) is 5.82 Å². The van der Waals surface area contributed by atoms with Gasteiger partial charge in [-0.05, 0) is 23.8 Å². The molecular weight excluding hydrogens is 341 g/mol. The summed E-state index contributed by atoms with van der Waals surface area (Å²) >= 11 is 0. The first kappa shape index (κ1) is 17.5. The number of aliphatic hydroxyl groups is 1. The summed E-state index contributed by atoms with van der Waals surface area (Å²) in [5.74, 6) is -2.01. The molecule has 0 atom stereocenters. The van der Waals surface area contributed by atoms with Crippen molar-refractivity contribution in [1.29, 1.82) is 0 Å². The monoisotopic (exact) mass is 357 g/mol. The van der Waals surface area contributed by atoms with Crippen LogP contribution in [0.1, 0.15) is 11.1 Å². The molecule has 0 aromatic heterocycles. The molecule has 0 fully saturated rings. The number of methoxy groups -OCH3 is 2. The zero-order valence-corrected chi connectivity index (χ0v) is 14.2. The number of carbonyl (C=O) groups excluding carboxylic acids is 2. The summed E-state index contributed by atoms with van der Waals surface area (Å²) in [6, 6.07) is 10.4. The van der Waals surface area contributed by atoms with E-state index >= 15 is 0 Å². The Bertz CT molecular complexity index is 922. The average molecular weight is 357 g/mol. The lowest BCUT2D eigenvalue weighted by atomic mass is 10.0. The predicted octanol–water partition coefficient (Wildman–Crippen LogP) is 2.68. The van der Waals surface area contributed by atoms with Crippen molar-refractivity contribution in [2.75, 3.05) is 14.2 Å². The molecule has 0 saturated heterocycles. The highest BCUT2D eigenvalue weighted by Crippen LogP contribution is 2.35. The van der Waals surface area contributed by atoms with Crippen LogP contribution in [0.15, 0.2) is 48.2 Å². The third kappa shape index (κ3) is 2.88. The van der Waals surface area contributed by atoms with Gasteiger partial charge in [-0.15, -0.1) is 0 Å². The molecule has 1 N–H and O–H groups in total. The highest BCUT2D eigenvalue weighted by atomic mass is 19.1. The third-order valence-electron chi connectivity index (χ3n) is 4.10. The van der Waals surface area contributed by atoms with Gasteiger partial charge in [0.15, 0.2) is 17.3 Å². The lowest BCUT2D eigenvalue weighted by molar-refractivity contribution is -0.138. The SMILES string of the molecule is COc1ccc(C2=C(O)C(=O)N(Cc3ccccc3F)C2=O)cc1OC. The summed E-state index contributed by atoms with van der Waals surface area (Å²) in [6.07, 6.45) is 0. The van der Waals surface area contributed by atoms with Crippen molar-refractivity contribution in [3.8, 4) is 11.5 Å². The number of halogens is 1. The fourth-order valence-corrected chi connectivity index (χ4v) is 2.76. The standard InChI is InChI=1S/C19H16FNO5/c1-25-14-8-7-11(9-15(14)26-2)16-17(22)19(24)21(18(16)23)10-12-5-3-4-6-13(12)20/h3-9,22H,10H2,1-2H3. The van der Waals surface area contributed by atoms with Gasteiger partial charge < -0.3 is 14.6 Å². The number of imide groups is 1. The van der Waals surface area contributed by atoms with Crippen molar-refractivity contribution in [2.45, 2.75) is 6.54 Å². The largest absolute Gasteiger partial charge is 0.502 e. The number of aliphatic hydroxyl groups excluding tert-OH is 1.